The molecule has 1 rings (SSSR count). The van der Waals surface area contributed by atoms with E-state index in [1.807, 2.05) is 6.92 Å². The Kier molecular flexibility index (Phi) is 5.36. The molecule has 1 amide bonds. The monoisotopic (exact) mass is 243 g/mol. The fourth-order valence-electron chi connectivity index (χ4n) is 2.45. The fourth-order valence-corrected chi connectivity index (χ4v) is 2.45. The number of rotatable bonds is 4. The van der Waals surface area contributed by atoms with E-state index in [2.05, 4.69) is 17.2 Å². The van der Waals surface area contributed by atoms with Crippen molar-refractivity contribution in [2.75, 3.05) is 13.1 Å². The summed E-state index contributed by atoms with van der Waals surface area (Å²) >= 11 is 0. The van der Waals surface area contributed by atoms with Crippen LogP contribution >= 0.6 is 0 Å². The highest BCUT2D eigenvalue weighted by Crippen LogP contribution is 2.23. The summed E-state index contributed by atoms with van der Waals surface area (Å²) in [7, 11) is 0. The second-order valence-corrected chi connectivity index (χ2v) is 5.20. The smallest absolute Gasteiger partial charge is 0.251 e. The van der Waals surface area contributed by atoms with Crippen molar-refractivity contribution in [1.82, 2.24) is 10.3 Å². The lowest BCUT2D eigenvalue weighted by Gasteiger charge is -2.29. The Morgan fingerprint density at radius 1 is 1.53 bits per heavy atom. The van der Waals surface area contributed by atoms with Gasteiger partial charge in [-0.3, -0.25) is 15.1 Å². The first-order valence-corrected chi connectivity index (χ1v) is 6.47. The van der Waals surface area contributed by atoms with Crippen molar-refractivity contribution in [3.05, 3.63) is 0 Å². The lowest BCUT2D eigenvalue weighted by Crippen LogP contribution is -2.49. The maximum atomic E-state index is 11.7. The van der Waals surface area contributed by atoms with Crippen molar-refractivity contribution in [1.29, 1.82) is 0 Å². The van der Waals surface area contributed by atoms with E-state index in [0.29, 0.717) is 6.42 Å². The van der Waals surface area contributed by atoms with Gasteiger partial charge in [-0.25, -0.2) is 5.84 Å². The van der Waals surface area contributed by atoms with Crippen molar-refractivity contribution in [3.8, 4) is 0 Å². The molecule has 0 radical (unpaired) electrons. The predicted molar refractivity (Wildman–Crippen MR) is 67.1 cm³/mol. The van der Waals surface area contributed by atoms with Crippen LogP contribution in [-0.2, 0) is 4.79 Å². The van der Waals surface area contributed by atoms with Crippen LogP contribution in [0.3, 0.4) is 0 Å². The van der Waals surface area contributed by atoms with Crippen LogP contribution in [0.5, 0.6) is 0 Å². The number of carbonyl (C=O) groups is 1. The minimum Gasteiger partial charge on any atom is -0.390 e. The zero-order valence-corrected chi connectivity index (χ0v) is 10.9. The molecule has 1 fully saturated rings. The highest BCUT2D eigenvalue weighted by Gasteiger charge is 2.30. The first kappa shape index (κ1) is 14.4. The van der Waals surface area contributed by atoms with E-state index in [9.17, 15) is 9.90 Å². The molecule has 2 unspecified atom stereocenters. The molecular formula is C12H25N3O2. The molecule has 1 aliphatic heterocycles. The molecule has 0 aromatic heterocycles. The van der Waals surface area contributed by atoms with Gasteiger partial charge in [0.25, 0.3) is 5.91 Å². The summed E-state index contributed by atoms with van der Waals surface area (Å²) in [6.45, 7) is 5.54. The Hall–Kier alpha value is -0.650. The van der Waals surface area contributed by atoms with Gasteiger partial charge in [0.05, 0.1) is 11.6 Å². The van der Waals surface area contributed by atoms with E-state index in [1.54, 1.807) is 0 Å². The molecular weight excluding hydrogens is 218 g/mol. The number of nitrogens with one attached hydrogen (secondary N) is 1. The van der Waals surface area contributed by atoms with Gasteiger partial charge in [0, 0.05) is 6.54 Å². The Bertz CT molecular complexity index is 256. The summed E-state index contributed by atoms with van der Waals surface area (Å²) in [6, 6.07) is -0.154. The minimum absolute atomic E-state index is 0.117. The first-order chi connectivity index (χ1) is 8.00. The number of hydrazine groups is 1. The molecule has 17 heavy (non-hydrogen) atoms. The van der Waals surface area contributed by atoms with Crippen LogP contribution < -0.4 is 11.3 Å². The number of nitrogens with zero attached hydrogens (tertiary/aromatic N) is 1. The van der Waals surface area contributed by atoms with E-state index >= 15 is 0 Å². The maximum Gasteiger partial charge on any atom is 0.251 e. The van der Waals surface area contributed by atoms with Crippen LogP contribution in [0.2, 0.25) is 0 Å². The van der Waals surface area contributed by atoms with Crippen molar-refractivity contribution < 1.29 is 9.90 Å². The summed E-state index contributed by atoms with van der Waals surface area (Å²) in [4.78, 5) is 13.9. The SMILES string of the molecule is CCCC(C(=O)NN)N1CCCC(C)(O)CC1. The van der Waals surface area contributed by atoms with Crippen molar-refractivity contribution in [2.24, 2.45) is 5.84 Å². The number of hydrogen-bond donors (Lipinski definition) is 3. The third-order valence-corrected chi connectivity index (χ3v) is 3.55. The second-order valence-electron chi connectivity index (χ2n) is 5.20. The predicted octanol–water partition coefficient (Wildman–Crippen LogP) is 0.382. The molecule has 5 heteroatoms. The van der Waals surface area contributed by atoms with Gasteiger partial charge in [0.15, 0.2) is 0 Å². The zero-order chi connectivity index (χ0) is 12.9. The van der Waals surface area contributed by atoms with E-state index in [0.717, 1.165) is 38.8 Å². The van der Waals surface area contributed by atoms with Gasteiger partial charge in [-0.2, -0.15) is 0 Å². The van der Waals surface area contributed by atoms with Crippen molar-refractivity contribution in [3.63, 3.8) is 0 Å². The van der Waals surface area contributed by atoms with Crippen LogP contribution in [0.4, 0.5) is 0 Å². The zero-order valence-electron chi connectivity index (χ0n) is 10.9. The van der Waals surface area contributed by atoms with Gasteiger partial charge < -0.3 is 5.11 Å². The summed E-state index contributed by atoms with van der Waals surface area (Å²) in [5.74, 6) is 5.11. The van der Waals surface area contributed by atoms with Crippen molar-refractivity contribution >= 4 is 5.91 Å². The molecule has 5 nitrogen and oxygen atoms in total. The lowest BCUT2D eigenvalue weighted by molar-refractivity contribution is -0.127. The number of nitrogens with two attached hydrogens (primary N) is 1. The molecule has 100 valence electrons. The first-order valence-electron chi connectivity index (χ1n) is 6.47. The van der Waals surface area contributed by atoms with Crippen LogP contribution in [0.1, 0.15) is 46.0 Å². The van der Waals surface area contributed by atoms with Gasteiger partial charge in [-0.15, -0.1) is 0 Å². The van der Waals surface area contributed by atoms with Gasteiger partial charge in [0.2, 0.25) is 0 Å². The van der Waals surface area contributed by atoms with Crippen LogP contribution in [0, 0.1) is 0 Å². The fraction of sp³-hybridized carbons (Fsp3) is 0.917. The summed E-state index contributed by atoms with van der Waals surface area (Å²) < 4.78 is 0. The number of carbonyl (C=O) groups excluding carboxylic acids is 1. The number of amides is 1. The Morgan fingerprint density at radius 3 is 2.82 bits per heavy atom. The highest BCUT2D eigenvalue weighted by molar-refractivity contribution is 5.81. The molecule has 2 atom stereocenters. The van der Waals surface area contributed by atoms with Crippen LogP contribution in [0.25, 0.3) is 0 Å². The molecule has 0 bridgehead atoms. The van der Waals surface area contributed by atoms with Gasteiger partial charge >= 0.3 is 0 Å². The summed E-state index contributed by atoms with van der Waals surface area (Å²) in [5, 5.41) is 10.0. The average molecular weight is 243 g/mol. The molecule has 0 saturated carbocycles. The van der Waals surface area contributed by atoms with Gasteiger partial charge in [-0.1, -0.05) is 13.3 Å². The maximum absolute atomic E-state index is 11.7. The third-order valence-electron chi connectivity index (χ3n) is 3.55. The van der Waals surface area contributed by atoms with Gasteiger partial charge in [0.1, 0.15) is 0 Å². The summed E-state index contributed by atoms with van der Waals surface area (Å²) in [5.41, 5.74) is 1.65. The molecule has 0 aromatic rings. The molecule has 0 spiro atoms. The van der Waals surface area contributed by atoms with Gasteiger partial charge in [-0.05, 0) is 39.2 Å². The highest BCUT2D eigenvalue weighted by atomic mass is 16.3. The molecule has 1 saturated heterocycles. The number of aliphatic hydroxyl groups is 1. The van der Waals surface area contributed by atoms with E-state index in [4.69, 9.17) is 5.84 Å². The topological polar surface area (TPSA) is 78.6 Å². The van der Waals surface area contributed by atoms with Crippen LogP contribution in [0.15, 0.2) is 0 Å². The Balaban J connectivity index is 2.64. The van der Waals surface area contributed by atoms with Crippen molar-refractivity contribution in [2.45, 2.75) is 57.6 Å². The third kappa shape index (κ3) is 4.26. The Morgan fingerprint density at radius 2 is 2.24 bits per heavy atom. The molecule has 0 aliphatic carbocycles. The molecule has 1 aliphatic rings. The number of hydrogen-bond acceptors (Lipinski definition) is 4. The summed E-state index contributed by atoms with van der Waals surface area (Å²) in [6.07, 6.45) is 4.19. The molecule has 0 aromatic carbocycles. The van der Waals surface area contributed by atoms with Crippen LogP contribution in [-0.4, -0.2) is 40.6 Å². The standard InChI is InChI=1S/C12H25N3O2/c1-3-5-10(11(16)14-13)15-8-4-6-12(2,17)7-9-15/h10,17H,3-9,13H2,1-2H3,(H,14,16). The molecule has 4 N–H and O–H groups in total. The number of likely N-dealkylation sites (tertiary alicyclic amines) is 1. The van der Waals surface area contributed by atoms with E-state index in [1.165, 1.54) is 0 Å². The quantitative estimate of drug-likeness (QED) is 0.379. The van der Waals surface area contributed by atoms with E-state index < -0.39 is 5.60 Å². The largest absolute Gasteiger partial charge is 0.390 e. The van der Waals surface area contributed by atoms with E-state index in [-0.39, 0.29) is 11.9 Å². The Labute approximate surface area is 103 Å². The minimum atomic E-state index is -0.593. The molecule has 1 heterocycles. The normalized spacial score (nSPS) is 28.5. The lowest BCUT2D eigenvalue weighted by atomic mass is 9.98. The average Bonchev–Trinajstić information content (AvgIpc) is 2.46. The second kappa shape index (κ2) is 6.33.